The van der Waals surface area contributed by atoms with Gasteiger partial charge in [0, 0.05) is 61.1 Å². The third-order valence-electron chi connectivity index (χ3n) is 5.03. The molecule has 0 saturated carbocycles. The van der Waals surface area contributed by atoms with Gasteiger partial charge in [0.1, 0.15) is 0 Å². The second kappa shape index (κ2) is 9.57. The van der Waals surface area contributed by atoms with Crippen molar-refractivity contribution in [1.82, 2.24) is 14.3 Å². The second-order valence-corrected chi connectivity index (χ2v) is 7.88. The fourth-order valence-electron chi connectivity index (χ4n) is 3.24. The minimum atomic E-state index is -0.132. The maximum absolute atomic E-state index is 12.6. The highest BCUT2D eigenvalue weighted by Gasteiger charge is 2.23. The molecular formula is C22H24N6O2S. The summed E-state index contributed by atoms with van der Waals surface area (Å²) < 4.78 is 4.47. The number of piperazine rings is 1. The van der Waals surface area contributed by atoms with Crippen LogP contribution in [0.2, 0.25) is 0 Å². The van der Waals surface area contributed by atoms with Crippen LogP contribution in [0.15, 0.2) is 54.6 Å². The molecule has 2 N–H and O–H groups in total. The highest BCUT2D eigenvalue weighted by atomic mass is 32.1. The van der Waals surface area contributed by atoms with Crippen LogP contribution >= 0.6 is 11.5 Å². The summed E-state index contributed by atoms with van der Waals surface area (Å²) in [5.41, 5.74) is 2.41. The van der Waals surface area contributed by atoms with E-state index in [0.717, 1.165) is 16.5 Å². The number of carbonyl (C=O) groups is 2. The molecule has 2 heterocycles. The van der Waals surface area contributed by atoms with Gasteiger partial charge in [-0.25, -0.2) is 4.79 Å². The van der Waals surface area contributed by atoms with Gasteiger partial charge in [0.15, 0.2) is 5.82 Å². The van der Waals surface area contributed by atoms with Crippen LogP contribution in [0.5, 0.6) is 0 Å². The van der Waals surface area contributed by atoms with Crippen LogP contribution < -0.4 is 15.5 Å². The van der Waals surface area contributed by atoms with Gasteiger partial charge < -0.3 is 20.4 Å². The van der Waals surface area contributed by atoms with E-state index < -0.39 is 0 Å². The van der Waals surface area contributed by atoms with E-state index in [1.54, 1.807) is 36.1 Å². The van der Waals surface area contributed by atoms with Crippen molar-refractivity contribution in [2.24, 2.45) is 0 Å². The Balaban J connectivity index is 1.29. The number of amides is 3. The summed E-state index contributed by atoms with van der Waals surface area (Å²) in [7, 11) is 0. The van der Waals surface area contributed by atoms with Crippen molar-refractivity contribution in [3.8, 4) is 11.4 Å². The van der Waals surface area contributed by atoms with Gasteiger partial charge in [-0.05, 0) is 24.3 Å². The summed E-state index contributed by atoms with van der Waals surface area (Å²) in [5.74, 6) is 0.695. The fourth-order valence-corrected chi connectivity index (χ4v) is 3.98. The Labute approximate surface area is 185 Å². The van der Waals surface area contributed by atoms with Gasteiger partial charge in [-0.2, -0.15) is 9.36 Å². The molecule has 1 saturated heterocycles. The number of carbonyl (C=O) groups excluding carboxylic acids is 2. The fraction of sp³-hybridized carbons (Fsp3) is 0.273. The van der Waals surface area contributed by atoms with Gasteiger partial charge >= 0.3 is 6.03 Å². The zero-order valence-corrected chi connectivity index (χ0v) is 18.1. The summed E-state index contributed by atoms with van der Waals surface area (Å²) in [5, 5.41) is 6.59. The van der Waals surface area contributed by atoms with Crippen LogP contribution in [0, 0.1) is 0 Å². The molecule has 160 valence electrons. The Bertz CT molecular complexity index is 1030. The van der Waals surface area contributed by atoms with Gasteiger partial charge in [-0.15, -0.1) is 0 Å². The smallest absolute Gasteiger partial charge is 0.321 e. The third kappa shape index (κ3) is 5.18. The van der Waals surface area contributed by atoms with Crippen LogP contribution in [0.25, 0.3) is 11.4 Å². The Morgan fingerprint density at radius 1 is 0.935 bits per heavy atom. The molecule has 0 spiro atoms. The van der Waals surface area contributed by atoms with Crippen molar-refractivity contribution in [1.29, 1.82) is 0 Å². The van der Waals surface area contributed by atoms with Crippen molar-refractivity contribution in [2.75, 3.05) is 41.7 Å². The van der Waals surface area contributed by atoms with Crippen LogP contribution in [0.1, 0.15) is 13.3 Å². The number of benzene rings is 2. The predicted octanol–water partition coefficient (Wildman–Crippen LogP) is 3.91. The third-order valence-corrected chi connectivity index (χ3v) is 5.80. The maximum atomic E-state index is 12.6. The molecule has 0 unspecified atom stereocenters. The zero-order chi connectivity index (χ0) is 21.6. The van der Waals surface area contributed by atoms with Crippen LogP contribution in [-0.2, 0) is 4.79 Å². The molecule has 31 heavy (non-hydrogen) atoms. The van der Waals surface area contributed by atoms with Crippen LogP contribution in [0.3, 0.4) is 0 Å². The molecule has 1 aromatic heterocycles. The second-order valence-electron chi connectivity index (χ2n) is 7.15. The lowest BCUT2D eigenvalue weighted by Crippen LogP contribution is -2.50. The minimum Gasteiger partial charge on any atom is -0.343 e. The van der Waals surface area contributed by atoms with Crippen LogP contribution in [0.4, 0.5) is 21.3 Å². The monoisotopic (exact) mass is 436 g/mol. The summed E-state index contributed by atoms with van der Waals surface area (Å²) in [6.45, 7) is 4.43. The van der Waals surface area contributed by atoms with E-state index >= 15 is 0 Å². The number of aromatic nitrogens is 2. The summed E-state index contributed by atoms with van der Waals surface area (Å²) in [6.07, 6.45) is 0.426. The molecule has 3 aromatic rings. The Kier molecular flexibility index (Phi) is 6.42. The van der Waals surface area contributed by atoms with Crippen molar-refractivity contribution in [3.63, 3.8) is 0 Å². The van der Waals surface area contributed by atoms with E-state index in [-0.39, 0.29) is 11.9 Å². The van der Waals surface area contributed by atoms with Gasteiger partial charge in [0.2, 0.25) is 11.0 Å². The van der Waals surface area contributed by atoms with Gasteiger partial charge in [0.05, 0.1) is 0 Å². The van der Waals surface area contributed by atoms with Crippen LogP contribution in [-0.4, -0.2) is 52.4 Å². The Hall–Kier alpha value is -3.46. The Morgan fingerprint density at radius 2 is 1.58 bits per heavy atom. The zero-order valence-electron chi connectivity index (χ0n) is 17.2. The SMILES string of the molecule is CCC(=O)Nc1ccc(NC(=O)N2CCN(c3nc(-c4ccccc4)ns3)CC2)cc1. The largest absolute Gasteiger partial charge is 0.343 e. The van der Waals surface area contributed by atoms with Gasteiger partial charge in [-0.1, -0.05) is 37.3 Å². The first-order valence-electron chi connectivity index (χ1n) is 10.2. The normalized spacial score (nSPS) is 13.7. The number of nitrogens with one attached hydrogen (secondary N) is 2. The summed E-state index contributed by atoms with van der Waals surface area (Å²) >= 11 is 1.39. The highest BCUT2D eigenvalue weighted by molar-refractivity contribution is 7.09. The molecule has 1 aliphatic rings. The van der Waals surface area contributed by atoms with E-state index in [1.165, 1.54) is 11.5 Å². The number of rotatable bonds is 5. The lowest BCUT2D eigenvalue weighted by molar-refractivity contribution is -0.115. The molecule has 0 radical (unpaired) electrons. The van der Waals surface area contributed by atoms with Crippen molar-refractivity contribution in [2.45, 2.75) is 13.3 Å². The summed E-state index contributed by atoms with van der Waals surface area (Å²) in [6, 6.07) is 16.9. The molecule has 3 amide bonds. The minimum absolute atomic E-state index is 0.0408. The first-order chi connectivity index (χ1) is 15.1. The summed E-state index contributed by atoms with van der Waals surface area (Å²) in [4.78, 5) is 32.7. The van der Waals surface area contributed by atoms with Gasteiger partial charge in [-0.3, -0.25) is 4.79 Å². The van der Waals surface area contributed by atoms with Crippen molar-refractivity contribution >= 4 is 40.0 Å². The average molecular weight is 437 g/mol. The number of hydrogen-bond donors (Lipinski definition) is 2. The van der Waals surface area contributed by atoms with E-state index in [1.807, 2.05) is 30.3 Å². The molecule has 1 fully saturated rings. The lowest BCUT2D eigenvalue weighted by Gasteiger charge is -2.34. The molecule has 1 aliphatic heterocycles. The molecule has 9 heteroatoms. The molecule has 4 rings (SSSR count). The Morgan fingerprint density at radius 3 is 2.23 bits per heavy atom. The van der Waals surface area contributed by atoms with Crippen molar-refractivity contribution < 1.29 is 9.59 Å². The first-order valence-corrected chi connectivity index (χ1v) is 11.0. The number of hydrogen-bond acceptors (Lipinski definition) is 6. The quantitative estimate of drug-likeness (QED) is 0.633. The number of anilines is 3. The standard InChI is InChI=1S/C22H24N6O2S/c1-2-19(29)23-17-8-10-18(11-9-17)24-21(30)27-12-14-28(15-13-27)22-25-20(26-31-22)16-6-4-3-5-7-16/h3-11H,2,12-15H2,1H3,(H,23,29)(H,24,30). The molecular weight excluding hydrogens is 412 g/mol. The molecule has 8 nitrogen and oxygen atoms in total. The lowest BCUT2D eigenvalue weighted by atomic mass is 10.2. The molecule has 0 bridgehead atoms. The van der Waals surface area contributed by atoms with E-state index in [9.17, 15) is 9.59 Å². The number of nitrogens with zero attached hydrogens (tertiary/aromatic N) is 4. The van der Waals surface area contributed by atoms with E-state index in [2.05, 4.69) is 24.9 Å². The van der Waals surface area contributed by atoms with E-state index in [4.69, 9.17) is 0 Å². The maximum Gasteiger partial charge on any atom is 0.321 e. The number of urea groups is 1. The highest BCUT2D eigenvalue weighted by Crippen LogP contribution is 2.25. The predicted molar refractivity (Wildman–Crippen MR) is 124 cm³/mol. The molecule has 0 aliphatic carbocycles. The first kappa shape index (κ1) is 20.8. The van der Waals surface area contributed by atoms with E-state index in [0.29, 0.717) is 44.0 Å². The van der Waals surface area contributed by atoms with Gasteiger partial charge in [0.25, 0.3) is 0 Å². The average Bonchev–Trinajstić information content (AvgIpc) is 3.31. The van der Waals surface area contributed by atoms with Crippen molar-refractivity contribution in [3.05, 3.63) is 54.6 Å². The molecule has 0 atom stereocenters. The molecule has 2 aromatic carbocycles. The topological polar surface area (TPSA) is 90.5 Å².